The first-order valence-electron chi connectivity index (χ1n) is 2.56. The number of carbonyl (C=O) groups is 1. The van der Waals surface area contributed by atoms with E-state index in [0.29, 0.717) is 0 Å². The molecule has 0 aliphatic carbocycles. The SMILES string of the molecule is COc1nc[nH]c1C(=O)O. The van der Waals surface area contributed by atoms with Crippen molar-refractivity contribution in [2.45, 2.75) is 0 Å². The van der Waals surface area contributed by atoms with Crippen molar-refractivity contribution in [3.8, 4) is 5.88 Å². The maximum Gasteiger partial charge on any atom is 0.358 e. The zero-order valence-electron chi connectivity index (χ0n) is 5.29. The molecule has 0 aromatic carbocycles. The number of carboxylic acid groups (broad SMARTS) is 1. The van der Waals surface area contributed by atoms with E-state index in [4.69, 9.17) is 5.11 Å². The number of methoxy groups -OCH3 is 1. The second-order valence-electron chi connectivity index (χ2n) is 1.59. The Morgan fingerprint density at radius 2 is 2.60 bits per heavy atom. The number of carboxylic acids is 1. The molecule has 0 bridgehead atoms. The molecule has 5 nitrogen and oxygen atoms in total. The molecule has 1 heterocycles. The molecule has 0 saturated carbocycles. The number of hydrogen-bond acceptors (Lipinski definition) is 3. The number of aromatic amines is 1. The second-order valence-corrected chi connectivity index (χ2v) is 1.59. The van der Waals surface area contributed by atoms with E-state index >= 15 is 0 Å². The summed E-state index contributed by atoms with van der Waals surface area (Å²) in [6.07, 6.45) is 1.27. The third kappa shape index (κ3) is 0.928. The highest BCUT2D eigenvalue weighted by atomic mass is 16.5. The van der Waals surface area contributed by atoms with Crippen molar-refractivity contribution in [3.05, 3.63) is 12.0 Å². The molecule has 5 heteroatoms. The van der Waals surface area contributed by atoms with Crippen LogP contribution in [0.2, 0.25) is 0 Å². The molecule has 1 aromatic heterocycles. The Kier molecular flexibility index (Phi) is 1.57. The molecule has 0 saturated heterocycles. The smallest absolute Gasteiger partial charge is 0.358 e. The van der Waals surface area contributed by atoms with Crippen molar-refractivity contribution in [1.82, 2.24) is 9.97 Å². The van der Waals surface area contributed by atoms with Crippen LogP contribution in [0.3, 0.4) is 0 Å². The fraction of sp³-hybridized carbons (Fsp3) is 0.200. The third-order valence-electron chi connectivity index (χ3n) is 1.01. The van der Waals surface area contributed by atoms with Gasteiger partial charge in [-0.25, -0.2) is 9.78 Å². The van der Waals surface area contributed by atoms with Crippen LogP contribution in [-0.4, -0.2) is 28.2 Å². The van der Waals surface area contributed by atoms with Gasteiger partial charge in [-0.05, 0) is 0 Å². The Hall–Kier alpha value is -1.52. The zero-order valence-corrected chi connectivity index (χ0v) is 5.29. The summed E-state index contributed by atoms with van der Waals surface area (Å²) in [4.78, 5) is 16.3. The van der Waals surface area contributed by atoms with E-state index in [1.165, 1.54) is 13.4 Å². The van der Waals surface area contributed by atoms with E-state index in [0.717, 1.165) is 0 Å². The van der Waals surface area contributed by atoms with Gasteiger partial charge in [0, 0.05) is 0 Å². The number of aromatic nitrogens is 2. The van der Waals surface area contributed by atoms with E-state index in [-0.39, 0.29) is 11.6 Å². The zero-order chi connectivity index (χ0) is 7.56. The van der Waals surface area contributed by atoms with E-state index in [1.807, 2.05) is 0 Å². The lowest BCUT2D eigenvalue weighted by atomic mass is 10.5. The molecule has 1 aromatic rings. The highest BCUT2D eigenvalue weighted by Gasteiger charge is 2.11. The summed E-state index contributed by atoms with van der Waals surface area (Å²) >= 11 is 0. The molecule has 10 heavy (non-hydrogen) atoms. The van der Waals surface area contributed by atoms with Crippen molar-refractivity contribution in [2.24, 2.45) is 0 Å². The average molecular weight is 142 g/mol. The number of aromatic carboxylic acids is 1. The Morgan fingerprint density at radius 1 is 1.90 bits per heavy atom. The van der Waals surface area contributed by atoms with Crippen molar-refractivity contribution < 1.29 is 14.6 Å². The summed E-state index contributed by atoms with van der Waals surface area (Å²) < 4.78 is 4.62. The Labute approximate surface area is 56.7 Å². The number of ether oxygens (including phenoxy) is 1. The van der Waals surface area contributed by atoms with Gasteiger partial charge < -0.3 is 14.8 Å². The third-order valence-corrected chi connectivity index (χ3v) is 1.01. The second kappa shape index (κ2) is 2.38. The molecular weight excluding hydrogens is 136 g/mol. The standard InChI is InChI=1S/C5H6N2O3/c1-10-4-3(5(8)9)6-2-7-4/h2H,1H3,(H,6,7)(H,8,9). The number of nitrogens with one attached hydrogen (secondary N) is 1. The lowest BCUT2D eigenvalue weighted by molar-refractivity contribution is 0.0687. The van der Waals surface area contributed by atoms with Crippen LogP contribution < -0.4 is 4.74 Å². The average Bonchev–Trinajstić information content (AvgIpc) is 2.33. The van der Waals surface area contributed by atoms with E-state index in [2.05, 4.69) is 14.7 Å². The minimum absolute atomic E-state index is 0.0255. The summed E-state index contributed by atoms with van der Waals surface area (Å²) in [5.41, 5.74) is -0.0255. The minimum atomic E-state index is -1.07. The molecular formula is C5H6N2O3. The maximum absolute atomic E-state index is 10.3. The van der Waals surface area contributed by atoms with Crippen LogP contribution >= 0.6 is 0 Å². The van der Waals surface area contributed by atoms with Gasteiger partial charge in [0.05, 0.1) is 13.4 Å². The molecule has 0 aliphatic heterocycles. The van der Waals surface area contributed by atoms with Gasteiger partial charge in [0.15, 0.2) is 5.69 Å². The van der Waals surface area contributed by atoms with Crippen molar-refractivity contribution in [1.29, 1.82) is 0 Å². The van der Waals surface area contributed by atoms with E-state index in [1.54, 1.807) is 0 Å². The lowest BCUT2D eigenvalue weighted by Gasteiger charge is -1.92. The van der Waals surface area contributed by atoms with Gasteiger partial charge in [0.1, 0.15) is 0 Å². The quantitative estimate of drug-likeness (QED) is 0.614. The molecule has 54 valence electrons. The van der Waals surface area contributed by atoms with Crippen LogP contribution in [-0.2, 0) is 0 Å². The number of nitrogens with zero attached hydrogens (tertiary/aromatic N) is 1. The maximum atomic E-state index is 10.3. The van der Waals surface area contributed by atoms with Gasteiger partial charge >= 0.3 is 5.97 Å². The fourth-order valence-corrected chi connectivity index (χ4v) is 0.590. The Bertz CT molecular complexity index is 243. The summed E-state index contributed by atoms with van der Waals surface area (Å²) in [6.45, 7) is 0. The van der Waals surface area contributed by atoms with Crippen LogP contribution in [0.15, 0.2) is 6.33 Å². The molecule has 0 atom stereocenters. The van der Waals surface area contributed by atoms with Crippen LogP contribution in [0.4, 0.5) is 0 Å². The number of rotatable bonds is 2. The first kappa shape index (κ1) is 6.60. The number of imidazole rings is 1. The first-order valence-corrected chi connectivity index (χ1v) is 2.56. The molecule has 0 fully saturated rings. The summed E-state index contributed by atoms with van der Waals surface area (Å²) in [6, 6.07) is 0. The molecule has 1 rings (SSSR count). The van der Waals surface area contributed by atoms with Gasteiger partial charge in [-0.15, -0.1) is 0 Å². The predicted molar refractivity (Wildman–Crippen MR) is 32.1 cm³/mol. The van der Waals surface area contributed by atoms with Gasteiger partial charge in [0.25, 0.3) is 0 Å². The van der Waals surface area contributed by atoms with Crippen molar-refractivity contribution in [2.75, 3.05) is 7.11 Å². The van der Waals surface area contributed by atoms with Gasteiger partial charge in [0.2, 0.25) is 5.88 Å². The highest BCUT2D eigenvalue weighted by molar-refractivity contribution is 5.87. The Morgan fingerprint density at radius 3 is 3.00 bits per heavy atom. The summed E-state index contributed by atoms with van der Waals surface area (Å²) in [5.74, 6) is -0.971. The molecule has 2 N–H and O–H groups in total. The van der Waals surface area contributed by atoms with Crippen LogP contribution in [0, 0.1) is 0 Å². The predicted octanol–water partition coefficient (Wildman–Crippen LogP) is 0.116. The molecule has 0 unspecified atom stereocenters. The fourth-order valence-electron chi connectivity index (χ4n) is 0.590. The molecule has 0 radical (unpaired) electrons. The van der Waals surface area contributed by atoms with E-state index in [9.17, 15) is 4.79 Å². The summed E-state index contributed by atoms with van der Waals surface area (Å²) in [7, 11) is 1.36. The summed E-state index contributed by atoms with van der Waals surface area (Å²) in [5, 5.41) is 8.43. The molecule has 0 spiro atoms. The topological polar surface area (TPSA) is 75.2 Å². The normalized spacial score (nSPS) is 9.30. The van der Waals surface area contributed by atoms with Crippen LogP contribution in [0.25, 0.3) is 0 Å². The lowest BCUT2D eigenvalue weighted by Crippen LogP contribution is -1.99. The largest absolute Gasteiger partial charge is 0.479 e. The minimum Gasteiger partial charge on any atom is -0.479 e. The Balaban J connectivity index is 3.01. The monoisotopic (exact) mass is 142 g/mol. The molecule has 0 amide bonds. The van der Waals surface area contributed by atoms with Crippen LogP contribution in [0.1, 0.15) is 10.5 Å². The van der Waals surface area contributed by atoms with E-state index < -0.39 is 5.97 Å². The van der Waals surface area contributed by atoms with Gasteiger partial charge in [-0.2, -0.15) is 0 Å². The first-order chi connectivity index (χ1) is 4.75. The van der Waals surface area contributed by atoms with Gasteiger partial charge in [-0.1, -0.05) is 0 Å². The van der Waals surface area contributed by atoms with Crippen molar-refractivity contribution >= 4 is 5.97 Å². The number of H-pyrrole nitrogens is 1. The molecule has 0 aliphatic rings. The number of hydrogen-bond donors (Lipinski definition) is 2. The van der Waals surface area contributed by atoms with Gasteiger partial charge in [-0.3, -0.25) is 0 Å². The highest BCUT2D eigenvalue weighted by Crippen LogP contribution is 2.10. The van der Waals surface area contributed by atoms with Crippen molar-refractivity contribution in [3.63, 3.8) is 0 Å². The van der Waals surface area contributed by atoms with Crippen LogP contribution in [0.5, 0.6) is 5.88 Å².